The highest BCUT2D eigenvalue weighted by atomic mass is 16.5. The average Bonchev–Trinajstić information content (AvgIpc) is 2.56. The third-order valence-corrected chi connectivity index (χ3v) is 5.08. The van der Waals surface area contributed by atoms with E-state index in [1.807, 2.05) is 0 Å². The van der Waals surface area contributed by atoms with Gasteiger partial charge in [0.15, 0.2) is 0 Å². The molecule has 23 heavy (non-hydrogen) atoms. The Morgan fingerprint density at radius 2 is 1.22 bits per heavy atom. The van der Waals surface area contributed by atoms with Crippen LogP contribution in [0.1, 0.15) is 111 Å². The van der Waals surface area contributed by atoms with E-state index >= 15 is 0 Å². The zero-order valence-corrected chi connectivity index (χ0v) is 16.4. The molecular weight excluding hydrogens is 284 g/mol. The molecule has 2 heteroatoms. The lowest BCUT2D eigenvalue weighted by Crippen LogP contribution is -2.05. The minimum Gasteiger partial charge on any atom is -0.466 e. The molecule has 0 aromatic carbocycles. The number of unbranched alkanes of at least 4 members (excludes halogenated alkanes) is 6. The molecule has 0 heterocycles. The van der Waals surface area contributed by atoms with Gasteiger partial charge in [0.05, 0.1) is 6.61 Å². The van der Waals surface area contributed by atoms with Crippen LogP contribution in [0.3, 0.4) is 0 Å². The molecule has 0 aliphatic heterocycles. The lowest BCUT2D eigenvalue weighted by atomic mass is 10.00. The van der Waals surface area contributed by atoms with E-state index in [9.17, 15) is 4.79 Å². The molecule has 0 radical (unpaired) electrons. The van der Waals surface area contributed by atoms with Gasteiger partial charge in [0.2, 0.25) is 0 Å². The molecule has 138 valence electrons. The molecule has 0 aliphatic carbocycles. The number of hydrogen-bond donors (Lipinski definition) is 0. The van der Waals surface area contributed by atoms with Gasteiger partial charge in [-0.2, -0.15) is 0 Å². The molecule has 0 rings (SSSR count). The van der Waals surface area contributed by atoms with Crippen LogP contribution in [0.2, 0.25) is 0 Å². The van der Waals surface area contributed by atoms with E-state index in [-0.39, 0.29) is 5.97 Å². The summed E-state index contributed by atoms with van der Waals surface area (Å²) in [5.74, 6) is 1.72. The third-order valence-electron chi connectivity index (χ3n) is 5.08. The van der Waals surface area contributed by atoms with Crippen LogP contribution in [-0.4, -0.2) is 12.6 Å². The monoisotopic (exact) mass is 326 g/mol. The van der Waals surface area contributed by atoms with Crippen LogP contribution in [-0.2, 0) is 9.53 Å². The predicted molar refractivity (Wildman–Crippen MR) is 101 cm³/mol. The van der Waals surface area contributed by atoms with E-state index in [1.54, 1.807) is 0 Å². The Morgan fingerprint density at radius 3 is 1.74 bits per heavy atom. The third kappa shape index (κ3) is 16.1. The number of hydrogen-bond acceptors (Lipinski definition) is 2. The molecule has 0 aromatic rings. The SMILES string of the molecule is CCC(C)CCCCCCOC(=O)CCCCCCC(C)CC. The van der Waals surface area contributed by atoms with Crippen LogP contribution in [0.4, 0.5) is 0 Å². The van der Waals surface area contributed by atoms with Crippen molar-refractivity contribution in [3.8, 4) is 0 Å². The Bertz CT molecular complexity index is 263. The zero-order chi connectivity index (χ0) is 17.3. The summed E-state index contributed by atoms with van der Waals surface area (Å²) in [7, 11) is 0. The van der Waals surface area contributed by atoms with E-state index in [0.717, 1.165) is 24.7 Å². The summed E-state index contributed by atoms with van der Waals surface area (Å²) in [5.41, 5.74) is 0. The largest absolute Gasteiger partial charge is 0.466 e. The highest BCUT2D eigenvalue weighted by molar-refractivity contribution is 5.69. The Labute approximate surface area is 145 Å². The van der Waals surface area contributed by atoms with Gasteiger partial charge in [-0.15, -0.1) is 0 Å². The molecular formula is C21H42O2. The van der Waals surface area contributed by atoms with Gasteiger partial charge in [0.1, 0.15) is 0 Å². The maximum absolute atomic E-state index is 11.6. The average molecular weight is 327 g/mol. The molecule has 0 aromatic heterocycles. The van der Waals surface area contributed by atoms with E-state index in [1.165, 1.54) is 64.2 Å². The van der Waals surface area contributed by atoms with E-state index in [2.05, 4.69) is 27.7 Å². The van der Waals surface area contributed by atoms with Gasteiger partial charge >= 0.3 is 5.97 Å². The van der Waals surface area contributed by atoms with Gasteiger partial charge < -0.3 is 4.74 Å². The van der Waals surface area contributed by atoms with Crippen molar-refractivity contribution in [3.05, 3.63) is 0 Å². The number of carbonyl (C=O) groups is 1. The molecule has 2 unspecified atom stereocenters. The Hall–Kier alpha value is -0.530. The summed E-state index contributed by atoms with van der Waals surface area (Å²) in [6, 6.07) is 0. The maximum atomic E-state index is 11.6. The van der Waals surface area contributed by atoms with E-state index in [0.29, 0.717) is 13.0 Å². The zero-order valence-electron chi connectivity index (χ0n) is 16.4. The molecule has 0 amide bonds. The first kappa shape index (κ1) is 22.5. The van der Waals surface area contributed by atoms with Crippen LogP contribution in [0.25, 0.3) is 0 Å². The number of carbonyl (C=O) groups excluding carboxylic acids is 1. The lowest BCUT2D eigenvalue weighted by molar-refractivity contribution is -0.143. The van der Waals surface area contributed by atoms with Gasteiger partial charge in [-0.3, -0.25) is 4.79 Å². The number of ether oxygens (including phenoxy) is 1. The first-order valence-corrected chi connectivity index (χ1v) is 10.3. The summed E-state index contributed by atoms with van der Waals surface area (Å²) < 4.78 is 5.31. The summed E-state index contributed by atoms with van der Waals surface area (Å²) in [4.78, 5) is 11.6. The molecule has 0 saturated heterocycles. The fraction of sp³-hybridized carbons (Fsp3) is 0.952. The van der Waals surface area contributed by atoms with Crippen LogP contribution < -0.4 is 0 Å². The smallest absolute Gasteiger partial charge is 0.305 e. The lowest BCUT2D eigenvalue weighted by Gasteiger charge is -2.08. The molecule has 0 saturated carbocycles. The summed E-state index contributed by atoms with van der Waals surface area (Å²) in [6.07, 6.45) is 15.4. The normalized spacial score (nSPS) is 13.7. The Kier molecular flexibility index (Phi) is 16.0. The van der Waals surface area contributed by atoms with Crippen molar-refractivity contribution >= 4 is 5.97 Å². The van der Waals surface area contributed by atoms with Crippen molar-refractivity contribution in [1.82, 2.24) is 0 Å². The molecule has 0 aliphatic rings. The molecule has 0 spiro atoms. The Balaban J connectivity index is 3.25. The van der Waals surface area contributed by atoms with Crippen LogP contribution in [0.5, 0.6) is 0 Å². The van der Waals surface area contributed by atoms with Gasteiger partial charge in [0, 0.05) is 6.42 Å². The topological polar surface area (TPSA) is 26.3 Å². The highest BCUT2D eigenvalue weighted by Crippen LogP contribution is 2.14. The molecule has 2 atom stereocenters. The standard InChI is InChI=1S/C21H42O2/c1-5-19(3)15-11-7-8-13-17-21(22)23-18-14-10-9-12-16-20(4)6-2/h19-20H,5-18H2,1-4H3. The first-order valence-electron chi connectivity index (χ1n) is 10.3. The van der Waals surface area contributed by atoms with E-state index in [4.69, 9.17) is 4.74 Å². The first-order chi connectivity index (χ1) is 11.1. The van der Waals surface area contributed by atoms with Crippen LogP contribution >= 0.6 is 0 Å². The molecule has 0 fully saturated rings. The number of esters is 1. The summed E-state index contributed by atoms with van der Waals surface area (Å²) in [5, 5.41) is 0. The fourth-order valence-electron chi connectivity index (χ4n) is 2.73. The van der Waals surface area contributed by atoms with E-state index < -0.39 is 0 Å². The molecule has 2 nitrogen and oxygen atoms in total. The van der Waals surface area contributed by atoms with Crippen molar-refractivity contribution in [2.24, 2.45) is 11.8 Å². The van der Waals surface area contributed by atoms with Gasteiger partial charge in [-0.25, -0.2) is 0 Å². The highest BCUT2D eigenvalue weighted by Gasteiger charge is 2.03. The molecule has 0 bridgehead atoms. The van der Waals surface area contributed by atoms with Gasteiger partial charge in [0.25, 0.3) is 0 Å². The van der Waals surface area contributed by atoms with Crippen LogP contribution in [0, 0.1) is 11.8 Å². The second-order valence-corrected chi connectivity index (χ2v) is 7.40. The maximum Gasteiger partial charge on any atom is 0.305 e. The predicted octanol–water partition coefficient (Wildman–Crippen LogP) is 6.91. The van der Waals surface area contributed by atoms with Crippen molar-refractivity contribution in [2.45, 2.75) is 111 Å². The second-order valence-electron chi connectivity index (χ2n) is 7.40. The fourth-order valence-corrected chi connectivity index (χ4v) is 2.73. The van der Waals surface area contributed by atoms with Gasteiger partial charge in [-0.05, 0) is 24.7 Å². The van der Waals surface area contributed by atoms with Crippen molar-refractivity contribution < 1.29 is 9.53 Å². The Morgan fingerprint density at radius 1 is 0.739 bits per heavy atom. The minimum absolute atomic E-state index is 0.00605. The number of rotatable bonds is 16. The second kappa shape index (κ2) is 16.3. The minimum atomic E-state index is 0.00605. The van der Waals surface area contributed by atoms with Crippen molar-refractivity contribution in [2.75, 3.05) is 6.61 Å². The van der Waals surface area contributed by atoms with Gasteiger partial charge in [-0.1, -0.05) is 91.9 Å². The van der Waals surface area contributed by atoms with Crippen molar-refractivity contribution in [3.63, 3.8) is 0 Å². The van der Waals surface area contributed by atoms with Crippen molar-refractivity contribution in [1.29, 1.82) is 0 Å². The van der Waals surface area contributed by atoms with Crippen LogP contribution in [0.15, 0.2) is 0 Å². The quantitative estimate of drug-likeness (QED) is 0.227. The summed E-state index contributed by atoms with van der Waals surface area (Å²) >= 11 is 0. The summed E-state index contributed by atoms with van der Waals surface area (Å²) in [6.45, 7) is 9.78. The molecule has 0 N–H and O–H groups in total.